The topological polar surface area (TPSA) is 339 Å². The lowest BCUT2D eigenvalue weighted by molar-refractivity contribution is -0.136. The number of aromatic hydroxyl groups is 1. The van der Waals surface area contributed by atoms with Crippen LogP contribution in [-0.4, -0.2) is 130 Å². The van der Waals surface area contributed by atoms with Gasteiger partial charge in [-0.15, -0.1) is 11.3 Å². The van der Waals surface area contributed by atoms with E-state index in [1.54, 1.807) is 43.5 Å². The summed E-state index contributed by atoms with van der Waals surface area (Å²) in [6.07, 6.45) is -0.486. The van der Waals surface area contributed by atoms with E-state index in [-0.39, 0.29) is 42.9 Å². The van der Waals surface area contributed by atoms with Gasteiger partial charge < -0.3 is 64.6 Å². The maximum Gasteiger partial charge on any atom is 0.244 e. The number of primary amides is 1. The molecule has 73 heavy (non-hydrogen) atoms. The molecule has 1 unspecified atom stereocenters. The zero-order chi connectivity index (χ0) is 53.2. The zero-order valence-corrected chi connectivity index (χ0v) is 43.3. The van der Waals surface area contributed by atoms with E-state index in [0.717, 1.165) is 37.9 Å². The lowest BCUT2D eigenvalue weighted by Gasteiger charge is -2.29. The van der Waals surface area contributed by atoms with Crippen LogP contribution in [0.1, 0.15) is 56.0 Å². The van der Waals surface area contributed by atoms with E-state index in [2.05, 4.69) is 37.2 Å². The van der Waals surface area contributed by atoms with Crippen LogP contribution in [-0.2, 0) is 57.6 Å². The molecule has 23 heteroatoms. The highest BCUT2D eigenvalue weighted by molar-refractivity contribution is 8.76. The van der Waals surface area contributed by atoms with Crippen LogP contribution in [0, 0.1) is 5.92 Å². The minimum Gasteiger partial charge on any atom is -0.508 e. The van der Waals surface area contributed by atoms with Crippen molar-refractivity contribution in [3.05, 3.63) is 100 Å². The van der Waals surface area contributed by atoms with Gasteiger partial charge >= 0.3 is 0 Å². The number of carbonyl (C=O) groups is 8. The minimum absolute atomic E-state index is 0.0138. The van der Waals surface area contributed by atoms with E-state index in [1.165, 1.54) is 30.4 Å². The quantitative estimate of drug-likeness (QED) is 0.0504. The maximum absolute atomic E-state index is 14.6. The zero-order valence-electron chi connectivity index (χ0n) is 40.8. The summed E-state index contributed by atoms with van der Waals surface area (Å²) in [7, 11) is 2.04. The highest BCUT2D eigenvalue weighted by atomic mass is 33.1. The third-order valence-corrected chi connectivity index (χ3v) is 15.3. The molecule has 1 saturated heterocycles. The van der Waals surface area contributed by atoms with Crippen molar-refractivity contribution in [3.63, 3.8) is 0 Å². The number of aliphatic hydroxyl groups is 1. The predicted octanol–water partition coefficient (Wildman–Crippen LogP) is 0.402. The van der Waals surface area contributed by atoms with Crippen LogP contribution >= 0.6 is 32.9 Å². The Morgan fingerprint density at radius 3 is 2.00 bits per heavy atom. The summed E-state index contributed by atoms with van der Waals surface area (Å²) in [5.41, 5.74) is 19.0. The first-order valence-corrected chi connectivity index (χ1v) is 27.3. The molecule has 9 atom stereocenters. The Kier molecular flexibility index (Phi) is 22.3. The Balaban J connectivity index is 1.54. The number of hydrogen-bond donors (Lipinski definition) is 12. The first kappa shape index (κ1) is 57.7. The van der Waals surface area contributed by atoms with Crippen LogP contribution in [0.4, 0.5) is 0 Å². The van der Waals surface area contributed by atoms with Crippen LogP contribution in [0.25, 0.3) is 10.8 Å². The molecule has 0 radical (unpaired) electrons. The molecular formula is C50H66N10O10S3. The van der Waals surface area contributed by atoms with Gasteiger partial charge in [0.05, 0.1) is 12.1 Å². The number of aliphatic hydroxyl groups excluding tert-OH is 1. The van der Waals surface area contributed by atoms with Gasteiger partial charge in [-0.1, -0.05) is 96.1 Å². The number of phenols is 1. The van der Waals surface area contributed by atoms with Crippen molar-refractivity contribution >= 4 is 91.0 Å². The second-order valence-electron chi connectivity index (χ2n) is 18.2. The average Bonchev–Trinajstić information content (AvgIpc) is 3.87. The Labute approximate surface area is 435 Å². The number of nitrogens with two attached hydrogens (primary N) is 3. The first-order chi connectivity index (χ1) is 34.8. The van der Waals surface area contributed by atoms with Gasteiger partial charge in [0.1, 0.15) is 48.0 Å². The summed E-state index contributed by atoms with van der Waals surface area (Å²) in [4.78, 5) is 113. The SMILES string of the molecule is CC(C)[C@@H]1NC(=O)[C@H](CCCCN)NC(=O)[C@@H](Cc2cccs2)NC(=O)[C@H](Cc2ccc(O)cc2)NC(=O)[C@@H](NC(=O)[C@H](N)Cc2ccc3ccccc3c2)CSSC[C@@H](C(=O)N[C@H](C(N)=O)C(C)O)NC1=O. The number of rotatable bonds is 17. The second-order valence-corrected chi connectivity index (χ2v) is 21.7. The number of carbonyl (C=O) groups excluding carboxylic acids is 8. The number of fused-ring (bicyclic) bond motifs is 1. The summed E-state index contributed by atoms with van der Waals surface area (Å²) < 4.78 is 0. The number of amides is 8. The smallest absolute Gasteiger partial charge is 0.244 e. The highest BCUT2D eigenvalue weighted by Crippen LogP contribution is 2.25. The third-order valence-electron chi connectivity index (χ3n) is 12.0. The largest absolute Gasteiger partial charge is 0.508 e. The van der Waals surface area contributed by atoms with E-state index in [1.807, 2.05) is 42.5 Å². The molecule has 0 aliphatic carbocycles. The molecule has 394 valence electrons. The lowest BCUT2D eigenvalue weighted by Crippen LogP contribution is -2.62. The van der Waals surface area contributed by atoms with Gasteiger partial charge in [0.2, 0.25) is 47.3 Å². The Bertz CT molecular complexity index is 2530. The van der Waals surface area contributed by atoms with Crippen molar-refractivity contribution in [1.82, 2.24) is 37.2 Å². The number of hydrogen-bond acceptors (Lipinski definition) is 15. The molecule has 2 heterocycles. The lowest BCUT2D eigenvalue weighted by atomic mass is 10.0. The minimum atomic E-state index is -1.54. The molecular weight excluding hydrogens is 997 g/mol. The third kappa shape index (κ3) is 17.7. The Morgan fingerprint density at radius 1 is 0.726 bits per heavy atom. The van der Waals surface area contributed by atoms with E-state index in [4.69, 9.17) is 17.2 Å². The molecule has 5 rings (SSSR count). The fourth-order valence-electron chi connectivity index (χ4n) is 7.82. The van der Waals surface area contributed by atoms with Crippen molar-refractivity contribution in [2.24, 2.45) is 23.1 Å². The van der Waals surface area contributed by atoms with Crippen molar-refractivity contribution in [1.29, 1.82) is 0 Å². The number of thiophene rings is 1. The molecule has 1 aliphatic rings. The van der Waals surface area contributed by atoms with Gasteiger partial charge in [-0.3, -0.25) is 38.4 Å². The van der Waals surface area contributed by atoms with Crippen LogP contribution in [0.15, 0.2) is 84.2 Å². The van der Waals surface area contributed by atoms with Gasteiger partial charge in [0.15, 0.2) is 0 Å². The normalized spacial score (nSPS) is 22.1. The molecule has 0 bridgehead atoms. The van der Waals surface area contributed by atoms with Gasteiger partial charge in [0.25, 0.3) is 0 Å². The number of phenolic OH excluding ortho intramolecular Hbond substituents is 1. The van der Waals surface area contributed by atoms with E-state index in [0.29, 0.717) is 29.8 Å². The Hall–Kier alpha value is -6.24. The summed E-state index contributed by atoms with van der Waals surface area (Å²) in [6.45, 7) is 4.86. The fraction of sp³-hybridized carbons (Fsp3) is 0.440. The number of nitrogens with one attached hydrogen (secondary N) is 7. The molecule has 20 nitrogen and oxygen atoms in total. The molecule has 0 saturated carbocycles. The summed E-state index contributed by atoms with van der Waals surface area (Å²) in [6, 6.07) is 12.2. The molecule has 8 amide bonds. The van der Waals surface area contributed by atoms with Crippen molar-refractivity contribution < 1.29 is 48.6 Å². The van der Waals surface area contributed by atoms with Crippen molar-refractivity contribution in [3.8, 4) is 5.75 Å². The molecule has 15 N–H and O–H groups in total. The van der Waals surface area contributed by atoms with Crippen molar-refractivity contribution in [2.45, 2.75) is 114 Å². The molecule has 4 aromatic rings. The van der Waals surface area contributed by atoms with Crippen LogP contribution in [0.5, 0.6) is 5.75 Å². The highest BCUT2D eigenvalue weighted by Gasteiger charge is 2.36. The average molecular weight is 1060 g/mol. The molecule has 1 aromatic heterocycles. The summed E-state index contributed by atoms with van der Waals surface area (Å²) >= 11 is 1.33. The van der Waals surface area contributed by atoms with Crippen LogP contribution < -0.4 is 54.4 Å². The molecule has 1 fully saturated rings. The van der Waals surface area contributed by atoms with Gasteiger partial charge in [-0.2, -0.15) is 0 Å². The monoisotopic (exact) mass is 1060 g/mol. The van der Waals surface area contributed by atoms with E-state index < -0.39 is 108 Å². The molecule has 1 aliphatic heterocycles. The van der Waals surface area contributed by atoms with Gasteiger partial charge in [-0.25, -0.2) is 0 Å². The standard InChI is InChI=1S/C50H66N10O10S3/c1-27(2)41-50(70)58-40(49(69)60-42(28(3)61)43(53)63)26-73-72-25-39(57-44(64)35(52)22-30-13-16-31-9-4-5-10-32(31)21-30)48(68)55-37(23-29-14-17-33(62)18-15-29)46(66)56-38(24-34-11-8-20-71-34)47(67)54-36(45(65)59-41)12-6-7-19-51/h4-5,8-11,13-18,20-21,27-28,35-42,61-62H,6-7,12,19,22-26,51-52H2,1-3H3,(H2,53,63)(H,54,67)(H,55,68)(H,56,66)(H,57,64)(H,58,70)(H,59,65)(H,60,69)/t28?,35-,36+,37+,38-,39+,40+,41+,42+/m1/s1. The maximum atomic E-state index is 14.6. The van der Waals surface area contributed by atoms with Crippen molar-refractivity contribution in [2.75, 3.05) is 18.1 Å². The van der Waals surface area contributed by atoms with E-state index >= 15 is 0 Å². The Morgan fingerprint density at radius 2 is 1.36 bits per heavy atom. The number of unbranched alkanes of at least 4 members (excludes halogenated alkanes) is 1. The van der Waals surface area contributed by atoms with E-state index in [9.17, 15) is 48.6 Å². The fourth-order valence-corrected chi connectivity index (χ4v) is 10.9. The predicted molar refractivity (Wildman–Crippen MR) is 283 cm³/mol. The van der Waals surface area contributed by atoms with Gasteiger partial charge in [-0.05, 0) is 90.5 Å². The van der Waals surface area contributed by atoms with Gasteiger partial charge in [0, 0.05) is 29.2 Å². The van der Waals surface area contributed by atoms with Crippen LogP contribution in [0.3, 0.4) is 0 Å². The first-order valence-electron chi connectivity index (χ1n) is 23.9. The van der Waals surface area contributed by atoms with Crippen LogP contribution in [0.2, 0.25) is 0 Å². The second kappa shape index (κ2) is 28.3. The molecule has 3 aromatic carbocycles. The number of benzene rings is 3. The molecule has 0 spiro atoms. The summed E-state index contributed by atoms with van der Waals surface area (Å²) in [5, 5.41) is 42.9. The summed E-state index contributed by atoms with van der Waals surface area (Å²) in [5.74, 6) is -7.53.